The molecule has 0 unspecified atom stereocenters. The van der Waals surface area contributed by atoms with Crippen molar-refractivity contribution in [3.05, 3.63) is 63.1 Å². The van der Waals surface area contributed by atoms with Crippen LogP contribution >= 0.6 is 23.2 Å². The van der Waals surface area contributed by atoms with Crippen LogP contribution in [0.1, 0.15) is 27.4 Å². The highest BCUT2D eigenvalue weighted by Gasteiger charge is 2.27. The third-order valence-corrected chi connectivity index (χ3v) is 5.20. The standard InChI is InChI=1S/C19H18Cl2N2O4/c20-14-2-1-3-15(21)17(14)18(25)23-16(19(26)27)6-10-4-5-12(24)7-13(10)11-8-22-9-11/h1-5,7,11,16,22,24H,6,8-9H2,(H,23,25)(H,26,27)/t16-/m0/s1. The number of phenols is 1. The summed E-state index contributed by atoms with van der Waals surface area (Å²) in [6.45, 7) is 1.52. The van der Waals surface area contributed by atoms with Crippen molar-refractivity contribution >= 4 is 35.1 Å². The number of halogens is 2. The molecular weight excluding hydrogens is 391 g/mol. The molecule has 1 fully saturated rings. The molecular formula is C19H18Cl2N2O4. The number of aromatic hydroxyl groups is 1. The van der Waals surface area contributed by atoms with Crippen LogP contribution in [0, 0.1) is 0 Å². The van der Waals surface area contributed by atoms with Crippen LogP contribution in [0.2, 0.25) is 10.0 Å². The molecule has 142 valence electrons. The second kappa shape index (κ2) is 8.17. The van der Waals surface area contributed by atoms with Crippen LogP contribution in [-0.2, 0) is 11.2 Å². The number of rotatable bonds is 6. The van der Waals surface area contributed by atoms with Gasteiger partial charge in [0.1, 0.15) is 11.8 Å². The minimum absolute atomic E-state index is 0.0428. The van der Waals surface area contributed by atoms with Gasteiger partial charge in [-0.1, -0.05) is 35.3 Å². The lowest BCUT2D eigenvalue weighted by molar-refractivity contribution is -0.139. The number of hydrogen-bond acceptors (Lipinski definition) is 4. The summed E-state index contributed by atoms with van der Waals surface area (Å²) in [5, 5.41) is 25.3. The summed E-state index contributed by atoms with van der Waals surface area (Å²) in [7, 11) is 0. The van der Waals surface area contributed by atoms with E-state index < -0.39 is 17.9 Å². The average molecular weight is 409 g/mol. The predicted molar refractivity (Wildman–Crippen MR) is 103 cm³/mol. The van der Waals surface area contributed by atoms with Gasteiger partial charge in [0.05, 0.1) is 15.6 Å². The van der Waals surface area contributed by atoms with E-state index in [0.29, 0.717) is 0 Å². The molecule has 27 heavy (non-hydrogen) atoms. The molecule has 0 aliphatic carbocycles. The highest BCUT2D eigenvalue weighted by Crippen LogP contribution is 2.29. The van der Waals surface area contributed by atoms with Crippen molar-refractivity contribution in [2.24, 2.45) is 0 Å². The van der Waals surface area contributed by atoms with Crippen LogP contribution in [0.4, 0.5) is 0 Å². The number of carboxylic acids is 1. The van der Waals surface area contributed by atoms with Gasteiger partial charge in [0.25, 0.3) is 5.91 Å². The summed E-state index contributed by atoms with van der Waals surface area (Å²) in [4.78, 5) is 24.3. The summed E-state index contributed by atoms with van der Waals surface area (Å²) < 4.78 is 0. The molecule has 0 radical (unpaired) electrons. The first-order valence-electron chi connectivity index (χ1n) is 8.37. The Morgan fingerprint density at radius 2 is 1.85 bits per heavy atom. The molecule has 1 saturated heterocycles. The number of benzene rings is 2. The normalized spacial score (nSPS) is 15.0. The molecule has 0 bridgehead atoms. The predicted octanol–water partition coefficient (Wildman–Crippen LogP) is 2.81. The number of carbonyl (C=O) groups excluding carboxylic acids is 1. The topological polar surface area (TPSA) is 98.7 Å². The van der Waals surface area contributed by atoms with Crippen molar-refractivity contribution in [3.8, 4) is 5.75 Å². The average Bonchev–Trinajstić information content (AvgIpc) is 2.54. The largest absolute Gasteiger partial charge is 0.508 e. The molecule has 3 rings (SSSR count). The van der Waals surface area contributed by atoms with Gasteiger partial charge in [0.15, 0.2) is 0 Å². The molecule has 8 heteroatoms. The molecule has 4 N–H and O–H groups in total. The molecule has 2 aromatic carbocycles. The van der Waals surface area contributed by atoms with Gasteiger partial charge in [0.2, 0.25) is 0 Å². The Morgan fingerprint density at radius 1 is 1.19 bits per heavy atom. The van der Waals surface area contributed by atoms with Gasteiger partial charge < -0.3 is 20.8 Å². The number of carbonyl (C=O) groups is 2. The van der Waals surface area contributed by atoms with Crippen molar-refractivity contribution in [2.45, 2.75) is 18.4 Å². The van der Waals surface area contributed by atoms with E-state index in [1.807, 2.05) is 0 Å². The lowest BCUT2D eigenvalue weighted by Gasteiger charge is -2.30. The summed E-state index contributed by atoms with van der Waals surface area (Å²) in [6, 6.07) is 8.31. The fourth-order valence-corrected chi connectivity index (χ4v) is 3.59. The van der Waals surface area contributed by atoms with E-state index in [0.717, 1.165) is 24.2 Å². The van der Waals surface area contributed by atoms with E-state index in [9.17, 15) is 19.8 Å². The quantitative estimate of drug-likeness (QED) is 0.588. The van der Waals surface area contributed by atoms with Gasteiger partial charge in [-0.3, -0.25) is 4.79 Å². The molecule has 1 amide bonds. The van der Waals surface area contributed by atoms with Crippen LogP contribution in [0.15, 0.2) is 36.4 Å². The SMILES string of the molecule is O=C(N[C@@H](Cc1ccc(O)cc1C1CNC1)C(=O)O)c1c(Cl)cccc1Cl. The summed E-state index contributed by atoms with van der Waals surface area (Å²) in [5.41, 5.74) is 1.68. The maximum absolute atomic E-state index is 12.5. The zero-order chi connectivity index (χ0) is 19.6. The van der Waals surface area contributed by atoms with Gasteiger partial charge in [-0.25, -0.2) is 4.79 Å². The van der Waals surface area contributed by atoms with Gasteiger partial charge in [-0.2, -0.15) is 0 Å². The Kier molecular flexibility index (Phi) is 5.89. The highest BCUT2D eigenvalue weighted by atomic mass is 35.5. The van der Waals surface area contributed by atoms with Crippen LogP contribution in [0.3, 0.4) is 0 Å². The third kappa shape index (κ3) is 4.35. The molecule has 1 aliphatic rings. The number of phenolic OH excluding ortho intramolecular Hbond substituents is 1. The summed E-state index contributed by atoms with van der Waals surface area (Å²) >= 11 is 12.1. The van der Waals surface area contributed by atoms with Crippen LogP contribution in [0.5, 0.6) is 5.75 Å². The number of amides is 1. The van der Waals surface area contributed by atoms with Gasteiger partial charge >= 0.3 is 5.97 Å². The first-order chi connectivity index (χ1) is 12.9. The van der Waals surface area contributed by atoms with E-state index in [2.05, 4.69) is 10.6 Å². The second-order valence-electron chi connectivity index (χ2n) is 6.40. The summed E-state index contributed by atoms with van der Waals surface area (Å²) in [6.07, 6.45) is 0.0786. The molecule has 1 atom stereocenters. The maximum atomic E-state index is 12.5. The maximum Gasteiger partial charge on any atom is 0.326 e. The zero-order valence-electron chi connectivity index (χ0n) is 14.2. The van der Waals surface area contributed by atoms with Crippen molar-refractivity contribution in [1.29, 1.82) is 0 Å². The van der Waals surface area contributed by atoms with E-state index in [1.54, 1.807) is 18.2 Å². The van der Waals surface area contributed by atoms with Crippen molar-refractivity contribution in [3.63, 3.8) is 0 Å². The molecule has 0 saturated carbocycles. The Bertz CT molecular complexity index is 864. The van der Waals surface area contributed by atoms with Gasteiger partial charge in [0, 0.05) is 25.4 Å². The number of aliphatic carboxylic acids is 1. The number of carboxylic acid groups (broad SMARTS) is 1. The van der Waals surface area contributed by atoms with E-state index >= 15 is 0 Å². The van der Waals surface area contributed by atoms with Crippen molar-refractivity contribution in [2.75, 3.05) is 13.1 Å². The molecule has 6 nitrogen and oxygen atoms in total. The minimum Gasteiger partial charge on any atom is -0.508 e. The van der Waals surface area contributed by atoms with Crippen LogP contribution < -0.4 is 10.6 Å². The monoisotopic (exact) mass is 408 g/mol. The zero-order valence-corrected chi connectivity index (χ0v) is 15.7. The number of hydrogen-bond donors (Lipinski definition) is 4. The van der Waals surface area contributed by atoms with E-state index in [-0.39, 0.29) is 33.7 Å². The first kappa shape index (κ1) is 19.5. The second-order valence-corrected chi connectivity index (χ2v) is 7.22. The smallest absolute Gasteiger partial charge is 0.326 e. The Balaban J connectivity index is 1.83. The minimum atomic E-state index is -1.17. The third-order valence-electron chi connectivity index (χ3n) is 4.57. The highest BCUT2D eigenvalue weighted by molar-refractivity contribution is 6.39. The van der Waals surface area contributed by atoms with E-state index in [1.165, 1.54) is 18.2 Å². The molecule has 1 aliphatic heterocycles. The Labute approximate surface area is 166 Å². The van der Waals surface area contributed by atoms with Crippen molar-refractivity contribution in [1.82, 2.24) is 10.6 Å². The fourth-order valence-electron chi connectivity index (χ4n) is 3.02. The molecule has 0 spiro atoms. The first-order valence-corrected chi connectivity index (χ1v) is 9.12. The van der Waals surface area contributed by atoms with Crippen LogP contribution in [-0.4, -0.2) is 41.2 Å². The fraction of sp³-hybridized carbons (Fsp3) is 0.263. The lowest BCUT2D eigenvalue weighted by atomic mass is 9.87. The number of nitrogens with one attached hydrogen (secondary N) is 2. The van der Waals surface area contributed by atoms with Gasteiger partial charge in [-0.15, -0.1) is 0 Å². The van der Waals surface area contributed by atoms with Gasteiger partial charge in [-0.05, 0) is 35.4 Å². The van der Waals surface area contributed by atoms with Crippen LogP contribution in [0.25, 0.3) is 0 Å². The Morgan fingerprint density at radius 3 is 2.41 bits per heavy atom. The van der Waals surface area contributed by atoms with E-state index in [4.69, 9.17) is 23.2 Å². The lowest BCUT2D eigenvalue weighted by Crippen LogP contribution is -2.44. The summed E-state index contributed by atoms with van der Waals surface area (Å²) in [5.74, 6) is -1.49. The molecule has 2 aromatic rings. The van der Waals surface area contributed by atoms with Crippen molar-refractivity contribution < 1.29 is 19.8 Å². The Hall–Kier alpha value is -2.28. The molecule has 1 heterocycles. The molecule has 0 aromatic heterocycles.